The summed E-state index contributed by atoms with van der Waals surface area (Å²) >= 11 is 0. The smallest absolute Gasteiger partial charge is 0.268 e. The lowest BCUT2D eigenvalue weighted by molar-refractivity contribution is -0.204. The number of Topliss-reactive ketones (excluding diaryl/α,β-unsaturated/α-hetero) is 1. The van der Waals surface area contributed by atoms with Crippen LogP contribution in [0.1, 0.15) is 21.5 Å². The standard InChI is InChI=1S/C17H16O6/c1-9-12(22-2)8-11(18)13-14(19)16(20)17(21,23-15(9)13)10-6-4-3-5-7-10/h3-8,16,18,20-21H,1-2H3/t16-,17+/m0/s1. The van der Waals surface area contributed by atoms with Crippen molar-refractivity contribution < 1.29 is 29.6 Å². The number of rotatable bonds is 2. The van der Waals surface area contributed by atoms with E-state index >= 15 is 0 Å². The average Bonchev–Trinajstić information content (AvgIpc) is 2.56. The Balaban J connectivity index is 2.23. The number of ether oxygens (including phenoxy) is 2. The molecular formula is C17H16O6. The lowest BCUT2D eigenvalue weighted by Crippen LogP contribution is -2.52. The Morgan fingerprint density at radius 3 is 2.52 bits per heavy atom. The van der Waals surface area contributed by atoms with Crippen LogP contribution in [-0.4, -0.2) is 34.3 Å². The molecule has 0 unspecified atom stereocenters. The summed E-state index contributed by atoms with van der Waals surface area (Å²) in [6.45, 7) is 1.63. The van der Waals surface area contributed by atoms with E-state index in [9.17, 15) is 20.1 Å². The summed E-state index contributed by atoms with van der Waals surface area (Å²) in [6, 6.07) is 9.39. The molecule has 2 aromatic rings. The lowest BCUT2D eigenvalue weighted by atomic mass is 9.88. The first-order chi connectivity index (χ1) is 10.9. The number of fused-ring (bicyclic) bond motifs is 1. The van der Waals surface area contributed by atoms with E-state index < -0.39 is 17.7 Å². The van der Waals surface area contributed by atoms with Crippen molar-refractivity contribution in [2.24, 2.45) is 0 Å². The number of benzene rings is 2. The zero-order chi connectivity index (χ0) is 16.8. The predicted molar refractivity (Wildman–Crippen MR) is 80.7 cm³/mol. The molecule has 2 atom stereocenters. The molecule has 3 rings (SSSR count). The molecule has 0 saturated carbocycles. The summed E-state index contributed by atoms with van der Waals surface area (Å²) in [5.41, 5.74) is 0.500. The Bertz CT molecular complexity index is 770. The lowest BCUT2D eigenvalue weighted by Gasteiger charge is -2.38. The monoisotopic (exact) mass is 316 g/mol. The Hall–Kier alpha value is -2.57. The predicted octanol–water partition coefficient (Wildman–Crippen LogP) is 1.49. The van der Waals surface area contributed by atoms with Crippen LogP contribution in [0.3, 0.4) is 0 Å². The number of carbonyl (C=O) groups excluding carboxylic acids is 1. The molecule has 0 spiro atoms. The molecular weight excluding hydrogens is 300 g/mol. The first-order valence-corrected chi connectivity index (χ1v) is 7.00. The molecule has 0 radical (unpaired) electrons. The molecule has 0 aromatic heterocycles. The summed E-state index contributed by atoms with van der Waals surface area (Å²) in [6.07, 6.45) is -1.86. The number of hydrogen-bond acceptors (Lipinski definition) is 6. The molecule has 6 heteroatoms. The number of aliphatic hydroxyl groups is 2. The number of aliphatic hydroxyl groups excluding tert-OH is 1. The van der Waals surface area contributed by atoms with Crippen LogP contribution in [0.5, 0.6) is 17.2 Å². The van der Waals surface area contributed by atoms with Crippen LogP contribution in [0.25, 0.3) is 0 Å². The largest absolute Gasteiger partial charge is 0.507 e. The second kappa shape index (κ2) is 5.26. The van der Waals surface area contributed by atoms with Crippen molar-refractivity contribution in [2.45, 2.75) is 18.8 Å². The molecule has 1 heterocycles. The van der Waals surface area contributed by atoms with Gasteiger partial charge in [0.1, 0.15) is 22.8 Å². The fourth-order valence-corrected chi connectivity index (χ4v) is 2.72. The first kappa shape index (κ1) is 15.3. The van der Waals surface area contributed by atoms with Gasteiger partial charge in [-0.15, -0.1) is 0 Å². The van der Waals surface area contributed by atoms with E-state index in [0.29, 0.717) is 11.3 Å². The maximum absolute atomic E-state index is 12.5. The van der Waals surface area contributed by atoms with Gasteiger partial charge in [0.25, 0.3) is 5.79 Å². The van der Waals surface area contributed by atoms with Crippen molar-refractivity contribution in [3.05, 3.63) is 53.1 Å². The van der Waals surface area contributed by atoms with Gasteiger partial charge in [-0.1, -0.05) is 30.3 Å². The molecule has 0 saturated heterocycles. The van der Waals surface area contributed by atoms with Crippen LogP contribution >= 0.6 is 0 Å². The fourth-order valence-electron chi connectivity index (χ4n) is 2.72. The van der Waals surface area contributed by atoms with Crippen LogP contribution in [0.4, 0.5) is 0 Å². The van der Waals surface area contributed by atoms with Gasteiger partial charge in [-0.25, -0.2) is 0 Å². The van der Waals surface area contributed by atoms with Gasteiger partial charge in [-0.2, -0.15) is 0 Å². The van der Waals surface area contributed by atoms with Crippen LogP contribution < -0.4 is 9.47 Å². The fraction of sp³-hybridized carbons (Fsp3) is 0.235. The van der Waals surface area contributed by atoms with E-state index in [1.807, 2.05) is 0 Å². The van der Waals surface area contributed by atoms with Crippen molar-refractivity contribution in [2.75, 3.05) is 7.11 Å². The highest BCUT2D eigenvalue weighted by atomic mass is 16.6. The Morgan fingerprint density at radius 1 is 1.26 bits per heavy atom. The second-order valence-corrected chi connectivity index (χ2v) is 5.36. The third-order valence-corrected chi connectivity index (χ3v) is 3.99. The molecule has 23 heavy (non-hydrogen) atoms. The Morgan fingerprint density at radius 2 is 1.91 bits per heavy atom. The molecule has 6 nitrogen and oxygen atoms in total. The highest BCUT2D eigenvalue weighted by molar-refractivity contribution is 6.06. The summed E-state index contributed by atoms with van der Waals surface area (Å²) in [7, 11) is 1.41. The number of ketones is 1. The molecule has 0 fully saturated rings. The van der Waals surface area contributed by atoms with E-state index in [2.05, 4.69) is 0 Å². The number of methoxy groups -OCH3 is 1. The van der Waals surface area contributed by atoms with E-state index in [4.69, 9.17) is 9.47 Å². The van der Waals surface area contributed by atoms with Gasteiger partial charge in [0.05, 0.1) is 7.11 Å². The maximum Gasteiger partial charge on any atom is 0.268 e. The van der Waals surface area contributed by atoms with Gasteiger partial charge in [0, 0.05) is 17.2 Å². The highest BCUT2D eigenvalue weighted by Crippen LogP contribution is 2.46. The van der Waals surface area contributed by atoms with Gasteiger partial charge >= 0.3 is 0 Å². The molecule has 0 amide bonds. The molecule has 1 aliphatic rings. The SMILES string of the molecule is COc1cc(O)c2c(c1C)O[C@](O)(c1ccccc1)[C@@H](O)C2=O. The Kier molecular flexibility index (Phi) is 3.50. The first-order valence-electron chi connectivity index (χ1n) is 7.00. The minimum Gasteiger partial charge on any atom is -0.507 e. The Labute approximate surface area is 132 Å². The summed E-state index contributed by atoms with van der Waals surface area (Å²) < 4.78 is 10.7. The van der Waals surface area contributed by atoms with Gasteiger partial charge < -0.3 is 24.8 Å². The molecule has 2 aromatic carbocycles. The third kappa shape index (κ3) is 2.15. The van der Waals surface area contributed by atoms with Crippen molar-refractivity contribution in [1.29, 1.82) is 0 Å². The van der Waals surface area contributed by atoms with Crippen molar-refractivity contribution >= 4 is 5.78 Å². The minimum absolute atomic E-state index is 0.0106. The number of aromatic hydroxyl groups is 1. The van der Waals surface area contributed by atoms with E-state index in [0.717, 1.165) is 0 Å². The summed E-state index contributed by atoms with van der Waals surface area (Å²) in [4.78, 5) is 12.5. The van der Waals surface area contributed by atoms with Crippen molar-refractivity contribution in [1.82, 2.24) is 0 Å². The zero-order valence-electron chi connectivity index (χ0n) is 12.6. The van der Waals surface area contributed by atoms with E-state index in [1.54, 1.807) is 25.1 Å². The molecule has 1 aliphatic heterocycles. The van der Waals surface area contributed by atoms with Gasteiger partial charge in [-0.05, 0) is 6.92 Å². The van der Waals surface area contributed by atoms with E-state index in [-0.39, 0.29) is 22.6 Å². The molecule has 120 valence electrons. The zero-order valence-corrected chi connectivity index (χ0v) is 12.6. The van der Waals surface area contributed by atoms with Gasteiger partial charge in [0.15, 0.2) is 6.10 Å². The van der Waals surface area contributed by atoms with Gasteiger partial charge in [-0.3, -0.25) is 4.79 Å². The topological polar surface area (TPSA) is 96.2 Å². The normalized spacial score (nSPS) is 23.1. The molecule has 3 N–H and O–H groups in total. The van der Waals surface area contributed by atoms with E-state index in [1.165, 1.54) is 25.3 Å². The van der Waals surface area contributed by atoms with Crippen LogP contribution in [0.15, 0.2) is 36.4 Å². The summed E-state index contributed by atoms with van der Waals surface area (Å²) in [5.74, 6) is -3.14. The van der Waals surface area contributed by atoms with Crippen LogP contribution in [0.2, 0.25) is 0 Å². The minimum atomic E-state index is -2.24. The van der Waals surface area contributed by atoms with Crippen molar-refractivity contribution in [3.8, 4) is 17.2 Å². The number of carbonyl (C=O) groups is 1. The van der Waals surface area contributed by atoms with Crippen molar-refractivity contribution in [3.63, 3.8) is 0 Å². The number of hydrogen-bond donors (Lipinski definition) is 3. The highest BCUT2D eigenvalue weighted by Gasteiger charge is 2.51. The van der Waals surface area contributed by atoms with Gasteiger partial charge in [0.2, 0.25) is 5.78 Å². The third-order valence-electron chi connectivity index (χ3n) is 3.99. The average molecular weight is 316 g/mol. The quantitative estimate of drug-likeness (QED) is 0.777. The number of phenolic OH excluding ortho intramolecular Hbond substituents is 1. The summed E-state index contributed by atoms with van der Waals surface area (Å²) in [5, 5.41) is 31.1. The maximum atomic E-state index is 12.5. The number of phenols is 1. The van der Waals surface area contributed by atoms with Crippen LogP contribution in [-0.2, 0) is 5.79 Å². The second-order valence-electron chi connectivity index (χ2n) is 5.36. The molecule has 0 aliphatic carbocycles. The van der Waals surface area contributed by atoms with Crippen LogP contribution in [0, 0.1) is 6.92 Å². The molecule has 0 bridgehead atoms.